The summed E-state index contributed by atoms with van der Waals surface area (Å²) in [7, 11) is 1.29. The van der Waals surface area contributed by atoms with Crippen LogP contribution in [0, 0.1) is 11.8 Å². The fourth-order valence-corrected chi connectivity index (χ4v) is 1.63. The molecule has 1 aromatic carbocycles. The van der Waals surface area contributed by atoms with E-state index in [2.05, 4.69) is 16.6 Å². The van der Waals surface area contributed by atoms with Gasteiger partial charge in [-0.3, -0.25) is 14.4 Å². The molecule has 0 aliphatic carbocycles. The van der Waals surface area contributed by atoms with E-state index in [1.807, 2.05) is 0 Å². The first-order valence-corrected chi connectivity index (χ1v) is 6.91. The lowest BCUT2D eigenvalue weighted by Gasteiger charge is -2.01. The fraction of sp³-hybridized carbons (Fsp3) is 0.353. The molecule has 0 aliphatic rings. The van der Waals surface area contributed by atoms with Crippen molar-refractivity contribution in [3.8, 4) is 11.8 Å². The molecule has 0 amide bonds. The average Bonchev–Trinajstić information content (AvgIpc) is 2.53. The standard InChI is InChI=1S/C17H18O5/c1-3-22-17(20)6-4-5-13-7-9-14(10-8-13)15(18)11-12-16(19)21-2/h7-10H,3,6,11-12H2,1-2H3. The SMILES string of the molecule is CCOC(=O)CC#Cc1ccc(C(=O)CCC(=O)OC)cc1. The van der Waals surface area contributed by atoms with Crippen LogP contribution < -0.4 is 0 Å². The molecule has 0 atom stereocenters. The molecular weight excluding hydrogens is 284 g/mol. The van der Waals surface area contributed by atoms with Crippen LogP contribution in [0.4, 0.5) is 0 Å². The van der Waals surface area contributed by atoms with Gasteiger partial charge in [0.1, 0.15) is 6.42 Å². The summed E-state index contributed by atoms with van der Waals surface area (Å²) in [6.07, 6.45) is 0.213. The number of ketones is 1. The van der Waals surface area contributed by atoms with Crippen molar-refractivity contribution in [1.29, 1.82) is 0 Å². The molecular formula is C17H18O5. The molecule has 0 saturated carbocycles. The minimum absolute atomic E-state index is 0.0354. The van der Waals surface area contributed by atoms with E-state index in [1.54, 1.807) is 31.2 Å². The van der Waals surface area contributed by atoms with Gasteiger partial charge in [-0.05, 0) is 19.1 Å². The summed E-state index contributed by atoms with van der Waals surface area (Å²) in [4.78, 5) is 34.0. The van der Waals surface area contributed by atoms with Crippen molar-refractivity contribution in [2.45, 2.75) is 26.2 Å². The second kappa shape index (κ2) is 9.35. The quantitative estimate of drug-likeness (QED) is 0.457. The number of Topliss-reactive ketones (excluding diaryl/α,β-unsaturated/α-hetero) is 1. The van der Waals surface area contributed by atoms with Crippen LogP contribution >= 0.6 is 0 Å². The first-order valence-electron chi connectivity index (χ1n) is 6.91. The second-order valence-electron chi connectivity index (χ2n) is 4.36. The summed E-state index contributed by atoms with van der Waals surface area (Å²) in [5, 5.41) is 0. The van der Waals surface area contributed by atoms with Gasteiger partial charge in [-0.2, -0.15) is 0 Å². The summed E-state index contributed by atoms with van der Waals surface area (Å²) >= 11 is 0. The molecule has 0 N–H and O–H groups in total. The maximum atomic E-state index is 11.8. The Labute approximate surface area is 129 Å². The zero-order chi connectivity index (χ0) is 16.4. The highest BCUT2D eigenvalue weighted by Gasteiger charge is 2.09. The molecule has 0 heterocycles. The van der Waals surface area contributed by atoms with Gasteiger partial charge in [0.05, 0.1) is 20.1 Å². The van der Waals surface area contributed by atoms with Crippen LogP contribution in [0.25, 0.3) is 0 Å². The Balaban J connectivity index is 2.56. The molecule has 0 aromatic heterocycles. The Morgan fingerprint density at radius 3 is 2.32 bits per heavy atom. The Kier molecular flexibility index (Phi) is 7.41. The molecule has 5 nitrogen and oxygen atoms in total. The Morgan fingerprint density at radius 2 is 1.73 bits per heavy atom. The van der Waals surface area contributed by atoms with E-state index in [-0.39, 0.29) is 31.0 Å². The van der Waals surface area contributed by atoms with Crippen LogP contribution in [0.5, 0.6) is 0 Å². The number of benzene rings is 1. The van der Waals surface area contributed by atoms with Crippen molar-refractivity contribution in [3.63, 3.8) is 0 Å². The molecule has 0 unspecified atom stereocenters. The van der Waals surface area contributed by atoms with Crippen molar-refractivity contribution in [2.75, 3.05) is 13.7 Å². The van der Waals surface area contributed by atoms with Crippen molar-refractivity contribution >= 4 is 17.7 Å². The Morgan fingerprint density at radius 1 is 1.05 bits per heavy atom. The van der Waals surface area contributed by atoms with Crippen LogP contribution in [0.15, 0.2) is 24.3 Å². The average molecular weight is 302 g/mol. The van der Waals surface area contributed by atoms with E-state index >= 15 is 0 Å². The predicted molar refractivity (Wildman–Crippen MR) is 80.2 cm³/mol. The summed E-state index contributed by atoms with van der Waals surface area (Å²) < 4.78 is 9.25. The third-order valence-electron chi connectivity index (χ3n) is 2.76. The van der Waals surface area contributed by atoms with Gasteiger partial charge < -0.3 is 9.47 Å². The fourth-order valence-electron chi connectivity index (χ4n) is 1.63. The van der Waals surface area contributed by atoms with Crippen LogP contribution in [-0.4, -0.2) is 31.4 Å². The zero-order valence-electron chi connectivity index (χ0n) is 12.7. The molecule has 0 aliphatic heterocycles. The lowest BCUT2D eigenvalue weighted by Crippen LogP contribution is -2.05. The first kappa shape index (κ1) is 17.4. The number of carbonyl (C=O) groups excluding carboxylic acids is 3. The Hall–Kier alpha value is -2.61. The highest BCUT2D eigenvalue weighted by molar-refractivity contribution is 5.97. The summed E-state index contributed by atoms with van der Waals surface area (Å²) in [5.41, 5.74) is 1.22. The van der Waals surface area contributed by atoms with Gasteiger partial charge in [0.25, 0.3) is 0 Å². The third-order valence-corrected chi connectivity index (χ3v) is 2.76. The second-order valence-corrected chi connectivity index (χ2v) is 4.36. The van der Waals surface area contributed by atoms with Gasteiger partial charge >= 0.3 is 11.9 Å². The maximum absolute atomic E-state index is 11.8. The van der Waals surface area contributed by atoms with E-state index in [9.17, 15) is 14.4 Å². The minimum Gasteiger partial charge on any atom is -0.469 e. The van der Waals surface area contributed by atoms with E-state index in [0.29, 0.717) is 17.7 Å². The number of carbonyl (C=O) groups is 3. The predicted octanol–water partition coefficient (Wildman–Crippen LogP) is 2.13. The van der Waals surface area contributed by atoms with E-state index < -0.39 is 5.97 Å². The van der Waals surface area contributed by atoms with E-state index in [1.165, 1.54) is 7.11 Å². The smallest absolute Gasteiger partial charge is 0.317 e. The lowest BCUT2D eigenvalue weighted by molar-refractivity contribution is -0.142. The minimum atomic E-state index is -0.408. The lowest BCUT2D eigenvalue weighted by atomic mass is 10.0. The molecule has 1 aromatic rings. The number of rotatable bonds is 6. The van der Waals surface area contributed by atoms with Crippen molar-refractivity contribution < 1.29 is 23.9 Å². The van der Waals surface area contributed by atoms with Crippen LogP contribution in [-0.2, 0) is 19.1 Å². The highest BCUT2D eigenvalue weighted by atomic mass is 16.5. The monoisotopic (exact) mass is 302 g/mol. The molecule has 1 rings (SSSR count). The van der Waals surface area contributed by atoms with Gasteiger partial charge in [-0.25, -0.2) is 0 Å². The molecule has 0 bridgehead atoms. The molecule has 0 fully saturated rings. The van der Waals surface area contributed by atoms with E-state index in [0.717, 1.165) is 0 Å². The van der Waals surface area contributed by atoms with Gasteiger partial charge in [0.2, 0.25) is 0 Å². The van der Waals surface area contributed by atoms with Crippen LogP contribution in [0.1, 0.15) is 42.1 Å². The van der Waals surface area contributed by atoms with Crippen molar-refractivity contribution in [1.82, 2.24) is 0 Å². The zero-order valence-corrected chi connectivity index (χ0v) is 12.7. The van der Waals surface area contributed by atoms with Gasteiger partial charge in [-0.15, -0.1) is 0 Å². The number of methoxy groups -OCH3 is 1. The number of esters is 2. The number of ether oxygens (including phenoxy) is 2. The topological polar surface area (TPSA) is 69.7 Å². The molecule has 0 saturated heterocycles. The number of hydrogen-bond donors (Lipinski definition) is 0. The highest BCUT2D eigenvalue weighted by Crippen LogP contribution is 2.08. The molecule has 116 valence electrons. The molecule has 22 heavy (non-hydrogen) atoms. The normalized spacial score (nSPS) is 9.36. The largest absolute Gasteiger partial charge is 0.469 e. The van der Waals surface area contributed by atoms with Gasteiger partial charge in [0.15, 0.2) is 5.78 Å². The maximum Gasteiger partial charge on any atom is 0.317 e. The van der Waals surface area contributed by atoms with Crippen molar-refractivity contribution in [2.24, 2.45) is 0 Å². The summed E-state index contributed by atoms with van der Waals surface area (Å²) in [5.74, 6) is 4.64. The van der Waals surface area contributed by atoms with E-state index in [4.69, 9.17) is 4.74 Å². The molecule has 0 spiro atoms. The molecule has 5 heteroatoms. The third kappa shape index (κ3) is 6.23. The first-order chi connectivity index (χ1) is 10.6. The van der Waals surface area contributed by atoms with Crippen molar-refractivity contribution in [3.05, 3.63) is 35.4 Å². The van der Waals surface area contributed by atoms with Gasteiger partial charge in [0, 0.05) is 17.5 Å². The summed E-state index contributed by atoms with van der Waals surface area (Å²) in [6, 6.07) is 6.69. The van der Waals surface area contributed by atoms with Crippen LogP contribution in [0.3, 0.4) is 0 Å². The summed E-state index contributed by atoms with van der Waals surface area (Å²) in [6.45, 7) is 2.07. The van der Waals surface area contributed by atoms with Crippen LogP contribution in [0.2, 0.25) is 0 Å². The number of hydrogen-bond acceptors (Lipinski definition) is 5. The van der Waals surface area contributed by atoms with Gasteiger partial charge in [-0.1, -0.05) is 24.0 Å². The molecule has 0 radical (unpaired) electrons. The Bertz CT molecular complexity index is 590.